The number of hydrogen-bond donors (Lipinski definition) is 1. The summed E-state index contributed by atoms with van der Waals surface area (Å²) in [5, 5.41) is 0. The SMILES string of the molecule is CC1CCN(C(=O)[C@@H]2CCCO2)CC1N. The minimum atomic E-state index is -0.189. The summed E-state index contributed by atoms with van der Waals surface area (Å²) < 4.78 is 5.40. The molecule has 0 radical (unpaired) electrons. The van der Waals surface area contributed by atoms with Gasteiger partial charge < -0.3 is 15.4 Å². The Balaban J connectivity index is 1.90. The summed E-state index contributed by atoms with van der Waals surface area (Å²) in [6.45, 7) is 4.42. The number of nitrogens with zero attached hydrogens (tertiary/aromatic N) is 1. The van der Waals surface area contributed by atoms with E-state index in [9.17, 15) is 4.79 Å². The van der Waals surface area contributed by atoms with Crippen molar-refractivity contribution in [2.75, 3.05) is 19.7 Å². The molecule has 0 saturated carbocycles. The van der Waals surface area contributed by atoms with E-state index in [4.69, 9.17) is 10.5 Å². The zero-order valence-corrected chi connectivity index (χ0v) is 9.32. The molecule has 0 spiro atoms. The van der Waals surface area contributed by atoms with Crippen molar-refractivity contribution in [3.05, 3.63) is 0 Å². The van der Waals surface area contributed by atoms with Crippen LogP contribution < -0.4 is 5.73 Å². The third-order valence-corrected chi connectivity index (χ3v) is 3.53. The molecule has 0 aromatic heterocycles. The minimum Gasteiger partial charge on any atom is -0.368 e. The fraction of sp³-hybridized carbons (Fsp3) is 0.909. The van der Waals surface area contributed by atoms with Crippen LogP contribution in [0, 0.1) is 5.92 Å². The largest absolute Gasteiger partial charge is 0.368 e. The third-order valence-electron chi connectivity index (χ3n) is 3.53. The van der Waals surface area contributed by atoms with Crippen LogP contribution in [0.15, 0.2) is 0 Å². The molecule has 0 aliphatic carbocycles. The number of rotatable bonds is 1. The van der Waals surface area contributed by atoms with E-state index < -0.39 is 0 Å². The van der Waals surface area contributed by atoms with Gasteiger partial charge in [0, 0.05) is 25.7 Å². The standard InChI is InChI=1S/C11H20N2O2/c1-8-4-5-13(7-9(8)12)11(14)10-3-2-6-15-10/h8-10H,2-7,12H2,1H3/t8?,9?,10-/m0/s1. The Labute approximate surface area is 90.8 Å². The van der Waals surface area contributed by atoms with Gasteiger partial charge in [-0.15, -0.1) is 0 Å². The van der Waals surface area contributed by atoms with Crippen molar-refractivity contribution in [3.8, 4) is 0 Å². The summed E-state index contributed by atoms with van der Waals surface area (Å²) >= 11 is 0. The summed E-state index contributed by atoms with van der Waals surface area (Å²) in [7, 11) is 0. The maximum Gasteiger partial charge on any atom is 0.251 e. The summed E-state index contributed by atoms with van der Waals surface area (Å²) in [5.74, 6) is 0.674. The van der Waals surface area contributed by atoms with E-state index in [1.165, 1.54) is 0 Å². The zero-order chi connectivity index (χ0) is 10.8. The van der Waals surface area contributed by atoms with Gasteiger partial charge in [-0.25, -0.2) is 0 Å². The Kier molecular flexibility index (Phi) is 3.26. The van der Waals surface area contributed by atoms with Crippen molar-refractivity contribution in [3.63, 3.8) is 0 Å². The summed E-state index contributed by atoms with van der Waals surface area (Å²) in [6, 6.07) is 0.129. The molecule has 4 heteroatoms. The van der Waals surface area contributed by atoms with Gasteiger partial charge in [0.1, 0.15) is 6.10 Å². The van der Waals surface area contributed by atoms with Crippen molar-refractivity contribution in [1.29, 1.82) is 0 Å². The van der Waals surface area contributed by atoms with E-state index in [1.807, 2.05) is 4.90 Å². The Morgan fingerprint density at radius 2 is 2.27 bits per heavy atom. The van der Waals surface area contributed by atoms with Crippen LogP contribution in [0.25, 0.3) is 0 Å². The normalized spacial score (nSPS) is 36.9. The van der Waals surface area contributed by atoms with Crippen LogP contribution in [0.4, 0.5) is 0 Å². The predicted octanol–water partition coefficient (Wildman–Crippen LogP) is 0.361. The first kappa shape index (κ1) is 10.9. The number of ether oxygens (including phenoxy) is 1. The van der Waals surface area contributed by atoms with Crippen LogP contribution in [0.5, 0.6) is 0 Å². The molecule has 2 rings (SSSR count). The zero-order valence-electron chi connectivity index (χ0n) is 9.32. The van der Waals surface area contributed by atoms with Crippen molar-refractivity contribution in [2.45, 2.75) is 38.3 Å². The second kappa shape index (κ2) is 4.49. The first-order chi connectivity index (χ1) is 7.18. The Morgan fingerprint density at radius 3 is 2.87 bits per heavy atom. The van der Waals surface area contributed by atoms with Gasteiger partial charge in [0.2, 0.25) is 0 Å². The maximum atomic E-state index is 12.0. The smallest absolute Gasteiger partial charge is 0.251 e. The molecule has 2 unspecified atom stereocenters. The van der Waals surface area contributed by atoms with Gasteiger partial charge in [-0.05, 0) is 25.2 Å². The maximum absolute atomic E-state index is 12.0. The van der Waals surface area contributed by atoms with Gasteiger partial charge in [-0.2, -0.15) is 0 Å². The molecule has 4 nitrogen and oxygen atoms in total. The van der Waals surface area contributed by atoms with Crippen LogP contribution in [0.3, 0.4) is 0 Å². The third kappa shape index (κ3) is 2.32. The Bertz CT molecular complexity index is 239. The van der Waals surface area contributed by atoms with Gasteiger partial charge in [-0.3, -0.25) is 4.79 Å². The molecule has 3 atom stereocenters. The summed E-state index contributed by atoms with van der Waals surface area (Å²) in [4.78, 5) is 13.9. The first-order valence-corrected chi connectivity index (χ1v) is 5.84. The van der Waals surface area contributed by atoms with Gasteiger partial charge in [0.05, 0.1) is 0 Å². The fourth-order valence-corrected chi connectivity index (χ4v) is 2.28. The van der Waals surface area contributed by atoms with Crippen molar-refractivity contribution >= 4 is 5.91 Å². The average molecular weight is 212 g/mol. The number of nitrogens with two attached hydrogens (primary N) is 1. The minimum absolute atomic E-state index is 0.129. The van der Waals surface area contributed by atoms with Crippen LogP contribution in [-0.4, -0.2) is 42.6 Å². The Hall–Kier alpha value is -0.610. The van der Waals surface area contributed by atoms with E-state index in [2.05, 4.69) is 6.92 Å². The monoisotopic (exact) mass is 212 g/mol. The highest BCUT2D eigenvalue weighted by Crippen LogP contribution is 2.20. The van der Waals surface area contributed by atoms with Gasteiger partial charge in [0.25, 0.3) is 5.91 Å². The van der Waals surface area contributed by atoms with Crippen molar-refractivity contribution in [2.24, 2.45) is 11.7 Å². The molecule has 2 fully saturated rings. The van der Waals surface area contributed by atoms with E-state index in [0.717, 1.165) is 32.4 Å². The number of carbonyl (C=O) groups is 1. The summed E-state index contributed by atoms with van der Waals surface area (Å²) in [5.41, 5.74) is 5.97. The second-order valence-electron chi connectivity index (χ2n) is 4.72. The van der Waals surface area contributed by atoms with Crippen LogP contribution >= 0.6 is 0 Å². The highest BCUT2D eigenvalue weighted by atomic mass is 16.5. The summed E-state index contributed by atoms with van der Waals surface area (Å²) in [6.07, 6.45) is 2.71. The van der Waals surface area contributed by atoms with E-state index >= 15 is 0 Å². The number of amides is 1. The highest BCUT2D eigenvalue weighted by molar-refractivity contribution is 5.81. The Morgan fingerprint density at radius 1 is 1.47 bits per heavy atom. The van der Waals surface area contributed by atoms with Crippen LogP contribution in [-0.2, 0) is 9.53 Å². The number of carbonyl (C=O) groups excluding carboxylic acids is 1. The number of piperidine rings is 1. The molecule has 86 valence electrons. The molecule has 15 heavy (non-hydrogen) atoms. The highest BCUT2D eigenvalue weighted by Gasteiger charge is 2.32. The molecule has 0 aromatic carbocycles. The fourth-order valence-electron chi connectivity index (χ4n) is 2.28. The lowest BCUT2D eigenvalue weighted by molar-refractivity contribution is -0.142. The molecule has 0 aromatic rings. The van der Waals surface area contributed by atoms with E-state index in [-0.39, 0.29) is 18.1 Å². The van der Waals surface area contributed by atoms with Crippen LogP contribution in [0.1, 0.15) is 26.2 Å². The topological polar surface area (TPSA) is 55.6 Å². The molecule has 1 amide bonds. The van der Waals surface area contributed by atoms with Gasteiger partial charge in [-0.1, -0.05) is 6.92 Å². The number of likely N-dealkylation sites (tertiary alicyclic amines) is 1. The molecule has 2 aliphatic rings. The quantitative estimate of drug-likeness (QED) is 0.683. The molecule has 2 N–H and O–H groups in total. The van der Waals surface area contributed by atoms with Gasteiger partial charge in [0.15, 0.2) is 0 Å². The van der Waals surface area contributed by atoms with Crippen molar-refractivity contribution < 1.29 is 9.53 Å². The van der Waals surface area contributed by atoms with Gasteiger partial charge >= 0.3 is 0 Å². The van der Waals surface area contributed by atoms with Crippen LogP contribution in [0.2, 0.25) is 0 Å². The van der Waals surface area contributed by atoms with E-state index in [0.29, 0.717) is 12.5 Å². The lowest BCUT2D eigenvalue weighted by atomic mass is 9.94. The van der Waals surface area contributed by atoms with E-state index in [1.54, 1.807) is 0 Å². The molecule has 2 aliphatic heterocycles. The second-order valence-corrected chi connectivity index (χ2v) is 4.72. The van der Waals surface area contributed by atoms with Crippen molar-refractivity contribution in [1.82, 2.24) is 4.90 Å². The lowest BCUT2D eigenvalue weighted by Crippen LogP contribution is -2.52. The predicted molar refractivity (Wildman–Crippen MR) is 57.3 cm³/mol. The molecular weight excluding hydrogens is 192 g/mol. The average Bonchev–Trinajstić information content (AvgIpc) is 2.74. The molecular formula is C11H20N2O2. The number of hydrogen-bond acceptors (Lipinski definition) is 3. The first-order valence-electron chi connectivity index (χ1n) is 5.84. The molecule has 2 heterocycles. The lowest BCUT2D eigenvalue weighted by Gasteiger charge is -2.36. The molecule has 0 bridgehead atoms. The molecule has 2 saturated heterocycles.